The van der Waals surface area contributed by atoms with Crippen LogP contribution in [-0.2, 0) is 4.74 Å². The minimum absolute atomic E-state index is 0.238. The highest BCUT2D eigenvalue weighted by Gasteiger charge is 2.09. The first-order valence-corrected chi connectivity index (χ1v) is 8.10. The Morgan fingerprint density at radius 2 is 2.04 bits per heavy atom. The van der Waals surface area contributed by atoms with Gasteiger partial charge in [0.1, 0.15) is 18.5 Å². The van der Waals surface area contributed by atoms with Crippen molar-refractivity contribution in [2.45, 2.75) is 12.5 Å². The predicted octanol–water partition coefficient (Wildman–Crippen LogP) is 0.610. The third-order valence-corrected chi connectivity index (χ3v) is 3.74. The number of benzene rings is 1. The van der Waals surface area contributed by atoms with E-state index in [1.165, 1.54) is 0 Å². The fourth-order valence-electron chi connectivity index (χ4n) is 2.40. The molecule has 1 aromatic carbocycles. The average molecular weight is 319 g/mol. The summed E-state index contributed by atoms with van der Waals surface area (Å²) in [6, 6.07) is 8.93. The van der Waals surface area contributed by atoms with Crippen LogP contribution in [0.4, 0.5) is 0 Å². The maximum Gasteiger partial charge on any atom is 0.119 e. The van der Waals surface area contributed by atoms with Crippen molar-refractivity contribution in [3.63, 3.8) is 0 Å². The van der Waals surface area contributed by atoms with Crippen LogP contribution in [0, 0.1) is 11.3 Å². The summed E-state index contributed by atoms with van der Waals surface area (Å²) in [4.78, 5) is 2.40. The zero-order valence-electron chi connectivity index (χ0n) is 13.4. The molecular weight excluding hydrogens is 294 g/mol. The van der Waals surface area contributed by atoms with Crippen molar-refractivity contribution in [3.05, 3.63) is 29.8 Å². The van der Waals surface area contributed by atoms with E-state index in [2.05, 4.69) is 16.3 Å². The molecule has 0 amide bonds. The largest absolute Gasteiger partial charge is 0.491 e. The second-order valence-electron chi connectivity index (χ2n) is 5.61. The number of rotatable bonds is 9. The SMILES string of the molecule is N#Cc1ccc(OCC(O)CNCCCN2CCOCC2)cc1. The summed E-state index contributed by atoms with van der Waals surface area (Å²) in [6.45, 7) is 6.39. The Kier molecular flexibility index (Phi) is 7.84. The highest BCUT2D eigenvalue weighted by Crippen LogP contribution is 2.11. The lowest BCUT2D eigenvalue weighted by Crippen LogP contribution is -2.38. The molecule has 2 N–H and O–H groups in total. The topological polar surface area (TPSA) is 77.8 Å². The van der Waals surface area contributed by atoms with Crippen molar-refractivity contribution in [2.75, 3.05) is 52.5 Å². The van der Waals surface area contributed by atoms with Crippen LogP contribution in [0.1, 0.15) is 12.0 Å². The summed E-state index contributed by atoms with van der Waals surface area (Å²) in [7, 11) is 0. The summed E-state index contributed by atoms with van der Waals surface area (Å²) in [5.74, 6) is 0.662. The van der Waals surface area contributed by atoms with Gasteiger partial charge in [0.25, 0.3) is 0 Å². The second-order valence-corrected chi connectivity index (χ2v) is 5.61. The van der Waals surface area contributed by atoms with Crippen LogP contribution >= 0.6 is 0 Å². The number of ether oxygens (including phenoxy) is 2. The molecule has 1 unspecified atom stereocenters. The smallest absolute Gasteiger partial charge is 0.119 e. The van der Waals surface area contributed by atoms with Crippen LogP contribution in [0.15, 0.2) is 24.3 Å². The Bertz CT molecular complexity index is 481. The van der Waals surface area contributed by atoms with Crippen molar-refractivity contribution < 1.29 is 14.6 Å². The highest BCUT2D eigenvalue weighted by molar-refractivity contribution is 5.34. The monoisotopic (exact) mass is 319 g/mol. The Hall–Kier alpha value is -1.65. The molecule has 1 heterocycles. The molecule has 0 spiro atoms. The molecule has 1 fully saturated rings. The first-order valence-electron chi connectivity index (χ1n) is 8.10. The number of hydrogen-bond acceptors (Lipinski definition) is 6. The third kappa shape index (κ3) is 6.97. The fraction of sp³-hybridized carbons (Fsp3) is 0.588. The van der Waals surface area contributed by atoms with E-state index in [1.54, 1.807) is 24.3 Å². The Morgan fingerprint density at radius 1 is 1.30 bits per heavy atom. The van der Waals surface area contributed by atoms with Crippen molar-refractivity contribution in [1.82, 2.24) is 10.2 Å². The van der Waals surface area contributed by atoms with E-state index in [1.807, 2.05) is 0 Å². The molecule has 1 atom stereocenters. The van der Waals surface area contributed by atoms with Gasteiger partial charge in [0.15, 0.2) is 0 Å². The van der Waals surface area contributed by atoms with Crippen molar-refractivity contribution >= 4 is 0 Å². The molecule has 23 heavy (non-hydrogen) atoms. The van der Waals surface area contributed by atoms with Gasteiger partial charge in [0, 0.05) is 19.6 Å². The van der Waals surface area contributed by atoms with Crippen LogP contribution in [-0.4, -0.2) is 68.7 Å². The third-order valence-electron chi connectivity index (χ3n) is 3.74. The Balaban J connectivity index is 1.51. The minimum atomic E-state index is -0.547. The Morgan fingerprint density at radius 3 is 2.74 bits per heavy atom. The van der Waals surface area contributed by atoms with Gasteiger partial charge in [0.05, 0.1) is 24.8 Å². The molecule has 0 aromatic heterocycles. The van der Waals surface area contributed by atoms with Crippen LogP contribution in [0.3, 0.4) is 0 Å². The van der Waals surface area contributed by atoms with Gasteiger partial charge in [-0.2, -0.15) is 5.26 Å². The zero-order valence-corrected chi connectivity index (χ0v) is 13.4. The normalized spacial score (nSPS) is 16.7. The van der Waals surface area contributed by atoms with Gasteiger partial charge in [-0.3, -0.25) is 4.90 Å². The van der Waals surface area contributed by atoms with Gasteiger partial charge in [-0.15, -0.1) is 0 Å². The number of aliphatic hydroxyl groups excluding tert-OH is 1. The molecular formula is C17H25N3O3. The molecule has 2 rings (SSSR count). The van der Waals surface area contributed by atoms with Crippen LogP contribution in [0.5, 0.6) is 5.75 Å². The number of hydrogen-bond donors (Lipinski definition) is 2. The first-order chi connectivity index (χ1) is 11.3. The lowest BCUT2D eigenvalue weighted by molar-refractivity contribution is 0.0373. The molecule has 1 aromatic rings. The van der Waals surface area contributed by atoms with Gasteiger partial charge in [0.2, 0.25) is 0 Å². The molecule has 1 aliphatic rings. The van der Waals surface area contributed by atoms with E-state index in [4.69, 9.17) is 14.7 Å². The van der Waals surface area contributed by atoms with E-state index in [-0.39, 0.29) is 6.61 Å². The van der Waals surface area contributed by atoms with Gasteiger partial charge in [-0.25, -0.2) is 0 Å². The van der Waals surface area contributed by atoms with Crippen LogP contribution in [0.2, 0.25) is 0 Å². The summed E-state index contributed by atoms with van der Waals surface area (Å²) in [5.41, 5.74) is 0.597. The van der Waals surface area contributed by atoms with Crippen molar-refractivity contribution in [3.8, 4) is 11.8 Å². The fourth-order valence-corrected chi connectivity index (χ4v) is 2.40. The standard InChI is InChI=1S/C17H25N3O3/c18-12-15-2-4-17(5-3-15)23-14-16(21)13-19-6-1-7-20-8-10-22-11-9-20/h2-5,16,19,21H,1,6-11,13-14H2. The molecule has 6 heteroatoms. The number of nitrogens with zero attached hydrogens (tertiary/aromatic N) is 2. The molecule has 0 bridgehead atoms. The summed E-state index contributed by atoms with van der Waals surface area (Å²) < 4.78 is 10.8. The quantitative estimate of drug-likeness (QED) is 0.650. The van der Waals surface area contributed by atoms with Gasteiger partial charge < -0.3 is 19.9 Å². The van der Waals surface area contributed by atoms with Gasteiger partial charge >= 0.3 is 0 Å². The number of nitrogens with one attached hydrogen (secondary N) is 1. The summed E-state index contributed by atoms with van der Waals surface area (Å²) in [5, 5.41) is 21.9. The van der Waals surface area contributed by atoms with E-state index in [0.29, 0.717) is 17.9 Å². The maximum atomic E-state index is 9.89. The zero-order chi connectivity index (χ0) is 16.3. The van der Waals surface area contributed by atoms with Gasteiger partial charge in [-0.05, 0) is 43.8 Å². The van der Waals surface area contributed by atoms with Crippen LogP contribution < -0.4 is 10.1 Å². The number of nitriles is 1. The second kappa shape index (κ2) is 10.2. The molecule has 6 nitrogen and oxygen atoms in total. The lowest BCUT2D eigenvalue weighted by Gasteiger charge is -2.26. The number of aliphatic hydroxyl groups is 1. The van der Waals surface area contributed by atoms with Crippen LogP contribution in [0.25, 0.3) is 0 Å². The van der Waals surface area contributed by atoms with E-state index >= 15 is 0 Å². The molecule has 0 aliphatic carbocycles. The predicted molar refractivity (Wildman–Crippen MR) is 87.4 cm³/mol. The average Bonchev–Trinajstić information content (AvgIpc) is 2.61. The van der Waals surface area contributed by atoms with E-state index in [0.717, 1.165) is 45.8 Å². The Labute approximate surface area is 137 Å². The van der Waals surface area contributed by atoms with Gasteiger partial charge in [-0.1, -0.05) is 0 Å². The van der Waals surface area contributed by atoms with E-state index in [9.17, 15) is 5.11 Å². The van der Waals surface area contributed by atoms with E-state index < -0.39 is 6.10 Å². The van der Waals surface area contributed by atoms with Crippen molar-refractivity contribution in [2.24, 2.45) is 0 Å². The molecule has 126 valence electrons. The highest BCUT2D eigenvalue weighted by atomic mass is 16.5. The first kappa shape index (κ1) is 17.7. The molecule has 1 saturated heterocycles. The molecule has 0 saturated carbocycles. The maximum absolute atomic E-state index is 9.89. The lowest BCUT2D eigenvalue weighted by atomic mass is 10.2. The summed E-state index contributed by atoms with van der Waals surface area (Å²) in [6.07, 6.45) is 0.512. The summed E-state index contributed by atoms with van der Waals surface area (Å²) >= 11 is 0. The molecule has 0 radical (unpaired) electrons. The van der Waals surface area contributed by atoms with Crippen molar-refractivity contribution in [1.29, 1.82) is 5.26 Å². The molecule has 1 aliphatic heterocycles. The minimum Gasteiger partial charge on any atom is -0.491 e. The number of morpholine rings is 1.